The van der Waals surface area contributed by atoms with Crippen LogP contribution in [0.2, 0.25) is 0 Å². The maximum atomic E-state index is 3.80. The number of likely N-dealkylation sites (tertiary alicyclic amines) is 1. The lowest BCUT2D eigenvalue weighted by Crippen LogP contribution is -2.45. The van der Waals surface area contributed by atoms with E-state index in [1.54, 1.807) is 0 Å². The maximum absolute atomic E-state index is 3.80. The molecule has 0 aliphatic carbocycles. The third-order valence-corrected chi connectivity index (χ3v) is 6.01. The van der Waals surface area contributed by atoms with Gasteiger partial charge in [-0.3, -0.25) is 0 Å². The van der Waals surface area contributed by atoms with Gasteiger partial charge in [-0.05, 0) is 43.1 Å². The van der Waals surface area contributed by atoms with Gasteiger partial charge in [-0.2, -0.15) is 0 Å². The molecule has 0 aromatic heterocycles. The van der Waals surface area contributed by atoms with E-state index in [9.17, 15) is 0 Å². The largest absolute Gasteiger partial charge is 0.302 e. The first-order valence-electron chi connectivity index (χ1n) is 7.85. The van der Waals surface area contributed by atoms with Crippen LogP contribution in [-0.4, -0.2) is 29.9 Å². The molecule has 1 aliphatic rings. The molecule has 0 amide bonds. The first-order chi connectivity index (χ1) is 8.56. The monoisotopic (exact) mass is 317 g/mol. The lowest BCUT2D eigenvalue weighted by Gasteiger charge is -2.42. The highest BCUT2D eigenvalue weighted by molar-refractivity contribution is 9.09. The Labute approximate surface area is 123 Å². The minimum atomic E-state index is 0.518. The summed E-state index contributed by atoms with van der Waals surface area (Å²) in [7, 11) is 0. The van der Waals surface area contributed by atoms with Crippen LogP contribution in [0.3, 0.4) is 0 Å². The van der Waals surface area contributed by atoms with E-state index in [1.807, 2.05) is 0 Å². The van der Waals surface area contributed by atoms with Gasteiger partial charge in [0.2, 0.25) is 0 Å². The van der Waals surface area contributed by atoms with Crippen molar-refractivity contribution in [3.05, 3.63) is 0 Å². The van der Waals surface area contributed by atoms with Gasteiger partial charge in [-0.1, -0.05) is 56.5 Å². The number of nitrogens with zero attached hydrogens (tertiary/aromatic N) is 1. The number of hydrogen-bond donors (Lipinski definition) is 0. The van der Waals surface area contributed by atoms with Crippen LogP contribution in [0.25, 0.3) is 0 Å². The van der Waals surface area contributed by atoms with Gasteiger partial charge in [-0.25, -0.2) is 0 Å². The zero-order valence-electron chi connectivity index (χ0n) is 12.8. The first-order valence-corrected chi connectivity index (χ1v) is 8.97. The minimum absolute atomic E-state index is 0.518. The summed E-state index contributed by atoms with van der Waals surface area (Å²) in [5.74, 6) is 1.78. The number of halogens is 1. The standard InChI is InChI=1S/C16H32BrN/c1-5-8-16(12-17,9-6-2)13-18-10-7-14(3)15(4)11-18/h14-15H,5-13H2,1-4H3. The van der Waals surface area contributed by atoms with E-state index in [4.69, 9.17) is 0 Å². The predicted octanol–water partition coefficient (Wildman–Crippen LogP) is 4.95. The molecule has 1 heterocycles. The van der Waals surface area contributed by atoms with Gasteiger partial charge in [0.15, 0.2) is 0 Å². The molecular formula is C16H32BrN. The highest BCUT2D eigenvalue weighted by Crippen LogP contribution is 2.35. The molecule has 0 spiro atoms. The molecule has 0 aromatic carbocycles. The number of alkyl halides is 1. The fourth-order valence-corrected chi connectivity index (χ4v) is 4.22. The van der Waals surface area contributed by atoms with Crippen LogP contribution in [0.1, 0.15) is 59.8 Å². The topological polar surface area (TPSA) is 3.24 Å². The van der Waals surface area contributed by atoms with Crippen LogP contribution in [0.4, 0.5) is 0 Å². The van der Waals surface area contributed by atoms with E-state index in [0.717, 1.165) is 11.8 Å². The molecule has 0 saturated carbocycles. The van der Waals surface area contributed by atoms with E-state index >= 15 is 0 Å². The van der Waals surface area contributed by atoms with Crippen molar-refractivity contribution in [2.75, 3.05) is 25.0 Å². The van der Waals surface area contributed by atoms with Crippen molar-refractivity contribution < 1.29 is 0 Å². The molecule has 108 valence electrons. The summed E-state index contributed by atoms with van der Waals surface area (Å²) in [4.78, 5) is 2.73. The molecule has 1 aliphatic heterocycles. The molecule has 0 aromatic rings. The van der Waals surface area contributed by atoms with E-state index in [2.05, 4.69) is 48.5 Å². The van der Waals surface area contributed by atoms with Crippen LogP contribution in [0.15, 0.2) is 0 Å². The van der Waals surface area contributed by atoms with Crippen molar-refractivity contribution in [1.82, 2.24) is 4.90 Å². The Bertz CT molecular complexity index is 223. The molecule has 0 bridgehead atoms. The van der Waals surface area contributed by atoms with Crippen molar-refractivity contribution in [3.63, 3.8) is 0 Å². The summed E-state index contributed by atoms with van der Waals surface area (Å²) in [5, 5.41) is 1.17. The summed E-state index contributed by atoms with van der Waals surface area (Å²) in [6.45, 7) is 13.4. The van der Waals surface area contributed by atoms with Gasteiger partial charge in [0.25, 0.3) is 0 Å². The average molecular weight is 318 g/mol. The third kappa shape index (κ3) is 4.52. The summed E-state index contributed by atoms with van der Waals surface area (Å²) in [6, 6.07) is 0. The van der Waals surface area contributed by atoms with Crippen LogP contribution in [0.5, 0.6) is 0 Å². The molecule has 2 heteroatoms. The normalized spacial score (nSPS) is 26.5. The Kier molecular flexibility index (Phi) is 7.23. The molecule has 18 heavy (non-hydrogen) atoms. The van der Waals surface area contributed by atoms with Crippen molar-refractivity contribution in [3.8, 4) is 0 Å². The molecule has 0 N–H and O–H groups in total. The van der Waals surface area contributed by atoms with Crippen LogP contribution in [0, 0.1) is 17.3 Å². The first kappa shape index (κ1) is 16.5. The summed E-state index contributed by atoms with van der Waals surface area (Å²) in [6.07, 6.45) is 6.74. The van der Waals surface area contributed by atoms with Crippen LogP contribution in [-0.2, 0) is 0 Å². The van der Waals surface area contributed by atoms with Crippen molar-refractivity contribution >= 4 is 15.9 Å². The van der Waals surface area contributed by atoms with Gasteiger partial charge in [0.05, 0.1) is 0 Å². The van der Waals surface area contributed by atoms with E-state index in [0.29, 0.717) is 5.41 Å². The van der Waals surface area contributed by atoms with Crippen LogP contribution < -0.4 is 0 Å². The molecule has 0 radical (unpaired) electrons. The summed E-state index contributed by atoms with van der Waals surface area (Å²) < 4.78 is 0. The Balaban J connectivity index is 2.59. The number of hydrogen-bond acceptors (Lipinski definition) is 1. The van der Waals surface area contributed by atoms with Gasteiger partial charge in [-0.15, -0.1) is 0 Å². The van der Waals surface area contributed by atoms with Crippen molar-refractivity contribution in [1.29, 1.82) is 0 Å². The molecule has 1 rings (SSSR count). The van der Waals surface area contributed by atoms with E-state index < -0.39 is 0 Å². The molecule has 1 nitrogen and oxygen atoms in total. The second-order valence-electron chi connectivity index (χ2n) is 6.61. The average Bonchev–Trinajstić information content (AvgIpc) is 2.34. The quantitative estimate of drug-likeness (QED) is 0.601. The molecule has 1 fully saturated rings. The van der Waals surface area contributed by atoms with E-state index in [-0.39, 0.29) is 0 Å². The zero-order valence-corrected chi connectivity index (χ0v) is 14.4. The fourth-order valence-electron chi connectivity index (χ4n) is 3.49. The molecule has 2 unspecified atom stereocenters. The highest BCUT2D eigenvalue weighted by atomic mass is 79.9. The Morgan fingerprint density at radius 3 is 2.17 bits per heavy atom. The van der Waals surface area contributed by atoms with Gasteiger partial charge >= 0.3 is 0 Å². The smallest absolute Gasteiger partial charge is 0.0100 e. The number of rotatable bonds is 7. The molecular weight excluding hydrogens is 286 g/mol. The van der Waals surface area contributed by atoms with Crippen molar-refractivity contribution in [2.24, 2.45) is 17.3 Å². The Morgan fingerprint density at radius 1 is 1.11 bits per heavy atom. The zero-order chi connectivity index (χ0) is 13.6. The summed E-state index contributed by atoms with van der Waals surface area (Å²) >= 11 is 3.80. The van der Waals surface area contributed by atoms with Gasteiger partial charge in [0.1, 0.15) is 0 Å². The molecule has 2 atom stereocenters. The van der Waals surface area contributed by atoms with Crippen LogP contribution >= 0.6 is 15.9 Å². The Morgan fingerprint density at radius 2 is 1.72 bits per heavy atom. The van der Waals surface area contributed by atoms with E-state index in [1.165, 1.54) is 57.1 Å². The highest BCUT2D eigenvalue weighted by Gasteiger charge is 2.32. The second-order valence-corrected chi connectivity index (χ2v) is 7.17. The summed E-state index contributed by atoms with van der Waals surface area (Å²) in [5.41, 5.74) is 0.518. The Hall–Kier alpha value is 0.440. The third-order valence-electron chi connectivity index (χ3n) is 4.82. The van der Waals surface area contributed by atoms with Gasteiger partial charge in [0, 0.05) is 18.4 Å². The van der Waals surface area contributed by atoms with Crippen molar-refractivity contribution in [2.45, 2.75) is 59.8 Å². The number of piperidine rings is 1. The maximum Gasteiger partial charge on any atom is 0.0100 e. The second kappa shape index (κ2) is 7.89. The SMILES string of the molecule is CCCC(CBr)(CCC)CN1CCC(C)C(C)C1. The lowest BCUT2D eigenvalue weighted by molar-refractivity contribution is 0.0829. The molecule has 1 saturated heterocycles. The minimum Gasteiger partial charge on any atom is -0.302 e. The fraction of sp³-hybridized carbons (Fsp3) is 1.00. The lowest BCUT2D eigenvalue weighted by atomic mass is 9.79. The predicted molar refractivity (Wildman–Crippen MR) is 85.4 cm³/mol. The van der Waals surface area contributed by atoms with Gasteiger partial charge < -0.3 is 4.90 Å².